The topological polar surface area (TPSA) is 77.6 Å². The number of anilines is 1. The Morgan fingerprint density at radius 2 is 1.77 bits per heavy atom. The third kappa shape index (κ3) is 4.26. The van der Waals surface area contributed by atoms with Gasteiger partial charge in [-0.1, -0.05) is 0 Å². The molecule has 0 saturated heterocycles. The summed E-state index contributed by atoms with van der Waals surface area (Å²) < 4.78 is 36.6. The molecule has 9 heteroatoms. The van der Waals surface area contributed by atoms with Crippen molar-refractivity contribution in [2.75, 3.05) is 5.32 Å². The Hall–Kier alpha value is -4.79. The number of hydrogen-bond donors (Lipinski definition) is 1. The Bertz CT molecular complexity index is 1620. The molecule has 0 bridgehead atoms. The molecule has 35 heavy (non-hydrogen) atoms. The molecule has 2 aromatic carbocycles. The number of amides is 1. The van der Waals surface area contributed by atoms with Crippen molar-refractivity contribution in [1.29, 1.82) is 0 Å². The highest BCUT2D eigenvalue weighted by Crippen LogP contribution is 2.29. The summed E-state index contributed by atoms with van der Waals surface area (Å²) in [4.78, 5) is 26.0. The number of fused-ring (bicyclic) bond motifs is 1. The smallest absolute Gasteiger partial charge is 0.268 e. The van der Waals surface area contributed by atoms with Gasteiger partial charge in [-0.05, 0) is 73.2 Å². The molecule has 0 spiro atoms. The third-order valence-corrected chi connectivity index (χ3v) is 5.44. The number of halogens is 2. The van der Waals surface area contributed by atoms with Gasteiger partial charge in [0.05, 0.1) is 6.20 Å². The van der Waals surface area contributed by atoms with Crippen molar-refractivity contribution >= 4 is 17.1 Å². The molecule has 0 saturated carbocycles. The Morgan fingerprint density at radius 1 is 0.971 bits per heavy atom. The van der Waals surface area contributed by atoms with Crippen LogP contribution in [0.4, 0.5) is 14.5 Å². The van der Waals surface area contributed by atoms with E-state index in [9.17, 15) is 18.4 Å². The van der Waals surface area contributed by atoms with E-state index < -0.39 is 23.1 Å². The predicted octanol–water partition coefficient (Wildman–Crippen LogP) is 5.12. The highest BCUT2D eigenvalue weighted by Gasteiger charge is 2.18. The number of carbonyl (C=O) groups is 1. The number of nitrogens with one attached hydrogen (secondary N) is 1. The van der Waals surface area contributed by atoms with Gasteiger partial charge in [0.15, 0.2) is 17.3 Å². The molecule has 5 aromatic rings. The second kappa shape index (κ2) is 8.86. The first-order chi connectivity index (χ1) is 16.9. The second-order valence-electron chi connectivity index (χ2n) is 7.76. The molecule has 0 atom stereocenters. The minimum Gasteiger partial charge on any atom is -0.452 e. The van der Waals surface area contributed by atoms with Crippen LogP contribution in [-0.2, 0) is 0 Å². The first kappa shape index (κ1) is 22.0. The molecular weight excluding hydrogens is 454 g/mol. The quantitative estimate of drug-likeness (QED) is 0.385. The van der Waals surface area contributed by atoms with Crippen molar-refractivity contribution in [3.63, 3.8) is 0 Å². The lowest BCUT2D eigenvalue weighted by molar-refractivity contribution is 0.102. The van der Waals surface area contributed by atoms with E-state index in [1.165, 1.54) is 47.2 Å². The molecule has 0 aliphatic rings. The highest BCUT2D eigenvalue weighted by molar-refractivity contribution is 6.05. The van der Waals surface area contributed by atoms with Crippen LogP contribution in [0.1, 0.15) is 15.9 Å². The first-order valence-electron chi connectivity index (χ1n) is 10.6. The zero-order valence-corrected chi connectivity index (χ0v) is 18.4. The van der Waals surface area contributed by atoms with Crippen molar-refractivity contribution in [2.24, 2.45) is 0 Å². The first-order valence-corrected chi connectivity index (χ1v) is 10.6. The van der Waals surface area contributed by atoms with E-state index in [1.807, 2.05) is 0 Å². The lowest BCUT2D eigenvalue weighted by Gasteiger charge is -2.12. The zero-order valence-electron chi connectivity index (χ0n) is 18.4. The van der Waals surface area contributed by atoms with Gasteiger partial charge in [0.1, 0.15) is 16.9 Å². The summed E-state index contributed by atoms with van der Waals surface area (Å²) in [5, 5.41) is 6.68. The van der Waals surface area contributed by atoms with Crippen LogP contribution in [-0.4, -0.2) is 20.1 Å². The summed E-state index contributed by atoms with van der Waals surface area (Å²) >= 11 is 0. The van der Waals surface area contributed by atoms with Crippen LogP contribution in [0.2, 0.25) is 0 Å². The molecule has 0 fully saturated rings. The summed E-state index contributed by atoms with van der Waals surface area (Å²) in [6.07, 6.45) is 4.86. The zero-order chi connectivity index (χ0) is 24.5. The van der Waals surface area contributed by atoms with E-state index in [1.54, 1.807) is 48.1 Å². The maximum absolute atomic E-state index is 14.8. The fourth-order valence-electron chi connectivity index (χ4n) is 3.69. The molecule has 0 unspecified atom stereocenters. The molecule has 7 nitrogen and oxygen atoms in total. The Kier molecular flexibility index (Phi) is 5.58. The van der Waals surface area contributed by atoms with E-state index in [2.05, 4.69) is 10.4 Å². The van der Waals surface area contributed by atoms with Crippen LogP contribution in [0, 0.1) is 18.6 Å². The molecule has 1 N–H and O–H groups in total. The predicted molar refractivity (Wildman–Crippen MR) is 126 cm³/mol. The van der Waals surface area contributed by atoms with Crippen LogP contribution >= 0.6 is 0 Å². The van der Waals surface area contributed by atoms with Crippen molar-refractivity contribution in [3.05, 3.63) is 118 Å². The van der Waals surface area contributed by atoms with Gasteiger partial charge in [-0.3, -0.25) is 14.2 Å². The van der Waals surface area contributed by atoms with Crippen molar-refractivity contribution in [1.82, 2.24) is 14.2 Å². The summed E-state index contributed by atoms with van der Waals surface area (Å²) in [6.45, 7) is 1.62. The van der Waals surface area contributed by atoms with Gasteiger partial charge in [-0.25, -0.2) is 13.3 Å². The maximum Gasteiger partial charge on any atom is 0.268 e. The summed E-state index contributed by atoms with van der Waals surface area (Å²) in [5.74, 6) is -1.45. The van der Waals surface area contributed by atoms with Crippen molar-refractivity contribution in [2.45, 2.75) is 6.92 Å². The lowest BCUT2D eigenvalue weighted by atomic mass is 10.1. The number of benzene rings is 2. The molecule has 0 aliphatic carbocycles. The molecule has 5 rings (SSSR count). The average Bonchev–Trinajstić information content (AvgIpc) is 3.32. The molecule has 0 radical (unpaired) electrons. The largest absolute Gasteiger partial charge is 0.452 e. The molecular formula is C26H18F2N4O3. The second-order valence-corrected chi connectivity index (χ2v) is 7.76. The number of rotatable bonds is 5. The molecule has 1 amide bonds. The van der Waals surface area contributed by atoms with Crippen LogP contribution in [0.25, 0.3) is 11.2 Å². The minimum absolute atomic E-state index is 0.0353. The normalized spacial score (nSPS) is 10.9. The standard InChI is InChI=1S/C26H18F2N4O3/c1-16-11-14-31(19-7-4-17(27)5-8-19)26(34)24(16)25(33)30-18-6-9-22(20(28)15-18)35-23-3-2-13-32-21(23)10-12-29-32/h2-15H,1H3,(H,30,33). The summed E-state index contributed by atoms with van der Waals surface area (Å²) in [5.41, 5.74) is 0.986. The van der Waals surface area contributed by atoms with Gasteiger partial charge in [-0.15, -0.1) is 0 Å². The van der Waals surface area contributed by atoms with E-state index in [0.29, 0.717) is 22.5 Å². The van der Waals surface area contributed by atoms with Gasteiger partial charge in [-0.2, -0.15) is 5.10 Å². The molecule has 3 heterocycles. The number of nitrogens with zero attached hydrogens (tertiary/aromatic N) is 3. The van der Waals surface area contributed by atoms with E-state index >= 15 is 0 Å². The van der Waals surface area contributed by atoms with Gasteiger partial charge < -0.3 is 10.1 Å². The number of aromatic nitrogens is 3. The van der Waals surface area contributed by atoms with Gasteiger partial charge in [0.25, 0.3) is 11.5 Å². The Balaban J connectivity index is 1.40. The SMILES string of the molecule is Cc1ccn(-c2ccc(F)cc2)c(=O)c1C(=O)Nc1ccc(Oc2cccn3nccc23)c(F)c1. The van der Waals surface area contributed by atoms with Crippen molar-refractivity contribution in [3.8, 4) is 17.2 Å². The lowest BCUT2D eigenvalue weighted by Crippen LogP contribution is -2.29. The number of pyridine rings is 2. The Morgan fingerprint density at radius 3 is 2.54 bits per heavy atom. The maximum atomic E-state index is 14.8. The van der Waals surface area contributed by atoms with Crippen LogP contribution in [0.15, 0.2) is 90.1 Å². The van der Waals surface area contributed by atoms with E-state index in [-0.39, 0.29) is 17.0 Å². The fourth-order valence-corrected chi connectivity index (χ4v) is 3.69. The fraction of sp³-hybridized carbons (Fsp3) is 0.0385. The number of aryl methyl sites for hydroxylation is 1. The average molecular weight is 472 g/mol. The monoisotopic (exact) mass is 472 g/mol. The highest BCUT2D eigenvalue weighted by atomic mass is 19.1. The molecule has 3 aromatic heterocycles. The number of ether oxygens (including phenoxy) is 1. The summed E-state index contributed by atoms with van der Waals surface area (Å²) in [7, 11) is 0. The van der Waals surface area contributed by atoms with Gasteiger partial charge >= 0.3 is 0 Å². The van der Waals surface area contributed by atoms with Gasteiger partial charge in [0, 0.05) is 29.8 Å². The van der Waals surface area contributed by atoms with Gasteiger partial charge in [0.2, 0.25) is 0 Å². The third-order valence-electron chi connectivity index (χ3n) is 5.44. The van der Waals surface area contributed by atoms with Crippen LogP contribution in [0.3, 0.4) is 0 Å². The van der Waals surface area contributed by atoms with Crippen molar-refractivity contribution < 1.29 is 18.3 Å². The number of hydrogen-bond acceptors (Lipinski definition) is 4. The van der Waals surface area contributed by atoms with Crippen LogP contribution < -0.4 is 15.6 Å². The van der Waals surface area contributed by atoms with Crippen LogP contribution in [0.5, 0.6) is 11.5 Å². The Labute approximate surface area is 197 Å². The van der Waals surface area contributed by atoms with E-state index in [4.69, 9.17) is 4.74 Å². The minimum atomic E-state index is -0.696. The number of carbonyl (C=O) groups excluding carboxylic acids is 1. The van der Waals surface area contributed by atoms with E-state index in [0.717, 1.165) is 6.07 Å². The molecule has 174 valence electrons. The molecule has 0 aliphatic heterocycles. The summed E-state index contributed by atoms with van der Waals surface area (Å²) in [6, 6.07) is 16.1.